The van der Waals surface area contributed by atoms with Crippen LogP contribution in [0.4, 0.5) is 0 Å². The maximum atomic E-state index is 9.06. The molecule has 0 fully saturated rings. The Morgan fingerprint density at radius 3 is 2.31 bits per heavy atom. The average molecular weight is 226 g/mol. The van der Waals surface area contributed by atoms with Crippen molar-refractivity contribution in [3.8, 4) is 6.07 Å². The molecule has 0 unspecified atom stereocenters. The van der Waals surface area contributed by atoms with Crippen LogP contribution in [0.2, 0.25) is 0 Å². The van der Waals surface area contributed by atoms with E-state index in [1.807, 2.05) is 27.7 Å². The van der Waals surface area contributed by atoms with E-state index in [4.69, 9.17) is 10.4 Å². The average Bonchev–Trinajstić information content (AvgIpc) is 2.23. The van der Waals surface area contributed by atoms with Crippen molar-refractivity contribution >= 4 is 0 Å². The van der Waals surface area contributed by atoms with Gasteiger partial charge in [-0.15, -0.1) is 0 Å². The minimum absolute atomic E-state index is 0.0358. The molecule has 0 amide bonds. The maximum Gasteiger partial charge on any atom is 0.0683 e. The summed E-state index contributed by atoms with van der Waals surface area (Å²) < 4.78 is 0. The van der Waals surface area contributed by atoms with Crippen molar-refractivity contribution in [3.05, 3.63) is 0 Å². The molecule has 3 heteroatoms. The van der Waals surface area contributed by atoms with Gasteiger partial charge in [0, 0.05) is 18.6 Å². The summed E-state index contributed by atoms with van der Waals surface area (Å²) in [7, 11) is 0. The van der Waals surface area contributed by atoms with Gasteiger partial charge < -0.3 is 10.4 Å². The largest absolute Gasteiger partial charge is 0.396 e. The van der Waals surface area contributed by atoms with E-state index in [1.165, 1.54) is 0 Å². The Hall–Kier alpha value is -0.590. The van der Waals surface area contributed by atoms with Gasteiger partial charge in [0.05, 0.1) is 11.5 Å². The topological polar surface area (TPSA) is 56.0 Å². The van der Waals surface area contributed by atoms with Crippen molar-refractivity contribution in [2.45, 2.75) is 47.0 Å². The Morgan fingerprint density at radius 1 is 1.19 bits per heavy atom. The summed E-state index contributed by atoms with van der Waals surface area (Å²) in [5, 5.41) is 21.2. The van der Waals surface area contributed by atoms with Gasteiger partial charge in [-0.2, -0.15) is 5.26 Å². The predicted octanol–water partition coefficient (Wildman–Crippen LogP) is 2.31. The first-order valence-corrected chi connectivity index (χ1v) is 6.06. The van der Waals surface area contributed by atoms with Crippen LogP contribution in [-0.2, 0) is 0 Å². The minimum Gasteiger partial charge on any atom is -0.396 e. The summed E-state index contributed by atoms with van der Waals surface area (Å²) in [4.78, 5) is 0. The fourth-order valence-corrected chi connectivity index (χ4v) is 1.36. The Balaban J connectivity index is 3.46. The molecule has 0 spiro atoms. The molecule has 3 nitrogen and oxygen atoms in total. The van der Waals surface area contributed by atoms with E-state index in [1.54, 1.807) is 0 Å². The zero-order valence-corrected chi connectivity index (χ0v) is 11.1. The molecular formula is C13H26N2O. The predicted molar refractivity (Wildman–Crippen MR) is 67.0 cm³/mol. The van der Waals surface area contributed by atoms with Crippen molar-refractivity contribution in [1.82, 2.24) is 5.32 Å². The minimum atomic E-state index is -0.190. The van der Waals surface area contributed by atoms with E-state index in [-0.39, 0.29) is 17.4 Å². The standard InChI is InChI=1S/C13H26N2O/c1-12(2,9-14)7-5-6-8-15-10-13(3,4)11-16/h15-16H,5-8,10-11H2,1-4H3. The number of aliphatic hydroxyl groups is 1. The Labute approximate surface area is 99.9 Å². The second-order valence-electron chi connectivity index (χ2n) is 5.95. The van der Waals surface area contributed by atoms with Gasteiger partial charge in [-0.05, 0) is 33.2 Å². The van der Waals surface area contributed by atoms with E-state index in [2.05, 4.69) is 11.4 Å². The van der Waals surface area contributed by atoms with Gasteiger partial charge in [0.25, 0.3) is 0 Å². The SMILES string of the molecule is CC(C)(C#N)CCCCNCC(C)(C)CO. The first kappa shape index (κ1) is 15.4. The van der Waals surface area contributed by atoms with Gasteiger partial charge in [-0.25, -0.2) is 0 Å². The van der Waals surface area contributed by atoms with Crippen LogP contribution in [0.25, 0.3) is 0 Å². The second-order valence-corrected chi connectivity index (χ2v) is 5.95. The molecule has 0 heterocycles. The van der Waals surface area contributed by atoms with Crippen molar-refractivity contribution in [2.24, 2.45) is 10.8 Å². The number of unbranched alkanes of at least 4 members (excludes halogenated alkanes) is 1. The smallest absolute Gasteiger partial charge is 0.0683 e. The van der Waals surface area contributed by atoms with Crippen molar-refractivity contribution in [2.75, 3.05) is 19.7 Å². The zero-order valence-electron chi connectivity index (χ0n) is 11.1. The molecule has 0 aliphatic rings. The summed E-state index contributed by atoms with van der Waals surface area (Å²) in [6, 6.07) is 2.31. The third-order valence-electron chi connectivity index (χ3n) is 2.74. The van der Waals surface area contributed by atoms with Crippen LogP contribution in [0.3, 0.4) is 0 Å². The van der Waals surface area contributed by atoms with E-state index in [0.29, 0.717) is 0 Å². The van der Waals surface area contributed by atoms with Crippen molar-refractivity contribution in [3.63, 3.8) is 0 Å². The lowest BCUT2D eigenvalue weighted by Gasteiger charge is -2.22. The highest BCUT2D eigenvalue weighted by molar-refractivity contribution is 4.91. The van der Waals surface area contributed by atoms with Gasteiger partial charge in [0.2, 0.25) is 0 Å². The molecule has 0 aliphatic carbocycles. The molecule has 0 radical (unpaired) electrons. The molecule has 0 aromatic heterocycles. The summed E-state index contributed by atoms with van der Waals surface area (Å²) >= 11 is 0. The highest BCUT2D eigenvalue weighted by Gasteiger charge is 2.16. The first-order chi connectivity index (χ1) is 7.33. The summed E-state index contributed by atoms with van der Waals surface area (Å²) in [6.07, 6.45) is 3.12. The van der Waals surface area contributed by atoms with E-state index < -0.39 is 0 Å². The van der Waals surface area contributed by atoms with Gasteiger partial charge in [-0.1, -0.05) is 20.3 Å². The summed E-state index contributed by atoms with van der Waals surface area (Å²) in [6.45, 7) is 10.1. The fourth-order valence-electron chi connectivity index (χ4n) is 1.36. The molecule has 16 heavy (non-hydrogen) atoms. The number of aliphatic hydroxyl groups excluding tert-OH is 1. The van der Waals surface area contributed by atoms with E-state index >= 15 is 0 Å². The van der Waals surface area contributed by atoms with Crippen LogP contribution in [0.15, 0.2) is 0 Å². The highest BCUT2D eigenvalue weighted by Crippen LogP contribution is 2.21. The van der Waals surface area contributed by atoms with Gasteiger partial charge in [0.1, 0.15) is 0 Å². The lowest BCUT2D eigenvalue weighted by atomic mass is 9.89. The van der Waals surface area contributed by atoms with Crippen LogP contribution in [0.1, 0.15) is 47.0 Å². The number of hydrogen-bond donors (Lipinski definition) is 2. The molecule has 2 N–H and O–H groups in total. The third-order valence-corrected chi connectivity index (χ3v) is 2.74. The highest BCUT2D eigenvalue weighted by atomic mass is 16.3. The molecule has 0 aromatic carbocycles. The Kier molecular flexibility index (Phi) is 6.62. The molecular weight excluding hydrogens is 200 g/mol. The Morgan fingerprint density at radius 2 is 1.81 bits per heavy atom. The Bertz CT molecular complexity index is 229. The number of nitrogens with zero attached hydrogens (tertiary/aromatic N) is 1. The van der Waals surface area contributed by atoms with Crippen LogP contribution in [0.5, 0.6) is 0 Å². The van der Waals surface area contributed by atoms with E-state index in [0.717, 1.165) is 32.4 Å². The van der Waals surface area contributed by atoms with E-state index in [9.17, 15) is 0 Å². The first-order valence-electron chi connectivity index (χ1n) is 6.06. The van der Waals surface area contributed by atoms with Gasteiger partial charge >= 0.3 is 0 Å². The normalized spacial score (nSPS) is 12.5. The summed E-state index contributed by atoms with van der Waals surface area (Å²) in [5.41, 5.74) is -0.226. The lowest BCUT2D eigenvalue weighted by Crippen LogP contribution is -2.32. The monoisotopic (exact) mass is 226 g/mol. The van der Waals surface area contributed by atoms with Gasteiger partial charge in [-0.3, -0.25) is 0 Å². The lowest BCUT2D eigenvalue weighted by molar-refractivity contribution is 0.157. The molecule has 0 bridgehead atoms. The third kappa shape index (κ3) is 7.67. The number of nitrogens with one attached hydrogen (secondary N) is 1. The molecule has 0 saturated heterocycles. The number of nitriles is 1. The molecule has 0 aromatic rings. The van der Waals surface area contributed by atoms with Crippen molar-refractivity contribution in [1.29, 1.82) is 5.26 Å². The second kappa shape index (κ2) is 6.88. The van der Waals surface area contributed by atoms with Crippen molar-refractivity contribution < 1.29 is 5.11 Å². The van der Waals surface area contributed by atoms with Crippen LogP contribution >= 0.6 is 0 Å². The molecule has 0 atom stereocenters. The number of hydrogen-bond acceptors (Lipinski definition) is 3. The molecule has 94 valence electrons. The fraction of sp³-hybridized carbons (Fsp3) is 0.923. The number of rotatable bonds is 8. The van der Waals surface area contributed by atoms with Gasteiger partial charge in [0.15, 0.2) is 0 Å². The van der Waals surface area contributed by atoms with Crippen LogP contribution in [0, 0.1) is 22.2 Å². The maximum absolute atomic E-state index is 9.06. The zero-order chi connectivity index (χ0) is 12.7. The molecule has 0 saturated carbocycles. The molecule has 0 aliphatic heterocycles. The summed E-state index contributed by atoms with van der Waals surface area (Å²) in [5.74, 6) is 0. The van der Waals surface area contributed by atoms with Crippen LogP contribution < -0.4 is 5.32 Å². The molecule has 0 rings (SSSR count). The quantitative estimate of drug-likeness (QED) is 0.624. The van der Waals surface area contributed by atoms with Crippen LogP contribution in [-0.4, -0.2) is 24.8 Å².